The van der Waals surface area contributed by atoms with E-state index < -0.39 is 0 Å². The van der Waals surface area contributed by atoms with Gasteiger partial charge in [-0.3, -0.25) is 0 Å². The van der Waals surface area contributed by atoms with Crippen molar-refractivity contribution >= 4 is 53.9 Å². The van der Waals surface area contributed by atoms with Crippen LogP contribution in [-0.4, -0.2) is 0 Å². The zero-order chi connectivity index (χ0) is 35.3. The van der Waals surface area contributed by atoms with E-state index in [1.165, 1.54) is 109 Å². The molecular weight excluding hydrogens is 637 g/mol. The van der Waals surface area contributed by atoms with Gasteiger partial charge < -0.3 is 0 Å². The smallest absolute Gasteiger partial charge is 0.0165 e. The standard InChI is InChI=1S/C53H36/c1-53(2)49-30-27-37(32-48(49)47-29-25-35-12-4-6-14-42(35)52(47)53)33-19-22-36(23-20-33)50-43-15-7-9-17-45(43)51(46-18-10-8-16-44(46)50)39-26-28-41-38(31-39)24-21-34-11-3-5-13-40(34)41/h3-32H,1-2H3. The van der Waals surface area contributed by atoms with Crippen molar-refractivity contribution in [1.82, 2.24) is 0 Å². The summed E-state index contributed by atoms with van der Waals surface area (Å²) in [5.74, 6) is 0. The van der Waals surface area contributed by atoms with Crippen molar-refractivity contribution in [3.63, 3.8) is 0 Å². The van der Waals surface area contributed by atoms with Crippen LogP contribution in [0.25, 0.3) is 98.4 Å². The number of benzene rings is 10. The lowest BCUT2D eigenvalue weighted by molar-refractivity contribution is 0.666. The van der Waals surface area contributed by atoms with Crippen molar-refractivity contribution in [2.24, 2.45) is 0 Å². The molecule has 0 heterocycles. The second-order valence-electron chi connectivity index (χ2n) is 15.2. The van der Waals surface area contributed by atoms with Crippen LogP contribution in [0.1, 0.15) is 25.0 Å². The molecule has 0 saturated carbocycles. The molecule has 0 spiro atoms. The highest BCUT2D eigenvalue weighted by atomic mass is 14.4. The lowest BCUT2D eigenvalue weighted by Crippen LogP contribution is -2.15. The predicted octanol–water partition coefficient (Wildman–Crippen LogP) is 14.8. The van der Waals surface area contributed by atoms with Gasteiger partial charge in [-0.15, -0.1) is 0 Å². The normalized spacial score (nSPS) is 13.2. The van der Waals surface area contributed by atoms with E-state index in [0.717, 1.165) is 0 Å². The third kappa shape index (κ3) is 4.42. The van der Waals surface area contributed by atoms with Crippen LogP contribution in [0.15, 0.2) is 182 Å². The van der Waals surface area contributed by atoms with Crippen LogP contribution in [0.2, 0.25) is 0 Å². The Bertz CT molecular complexity index is 3060. The van der Waals surface area contributed by atoms with Gasteiger partial charge in [0.2, 0.25) is 0 Å². The molecule has 1 aliphatic rings. The Kier molecular flexibility index (Phi) is 6.40. The average molecular weight is 673 g/mol. The van der Waals surface area contributed by atoms with E-state index in [9.17, 15) is 0 Å². The van der Waals surface area contributed by atoms with Crippen molar-refractivity contribution in [2.45, 2.75) is 19.3 Å². The molecule has 0 aliphatic heterocycles. The molecule has 0 unspecified atom stereocenters. The van der Waals surface area contributed by atoms with Gasteiger partial charge in [-0.2, -0.15) is 0 Å². The second-order valence-corrected chi connectivity index (χ2v) is 15.2. The van der Waals surface area contributed by atoms with Crippen molar-refractivity contribution in [1.29, 1.82) is 0 Å². The molecule has 1 aliphatic carbocycles. The molecule has 10 aromatic rings. The largest absolute Gasteiger partial charge is 0.0616 e. The SMILES string of the molecule is CC1(C)c2ccc(-c3ccc(-c4c5ccccc5c(-c5ccc6c(ccc7ccccc76)c5)c5ccccc45)cc3)cc2-c2ccc3ccccc3c21. The first kappa shape index (κ1) is 30.2. The Labute approximate surface area is 309 Å². The van der Waals surface area contributed by atoms with Crippen LogP contribution in [0.5, 0.6) is 0 Å². The molecule has 0 atom stereocenters. The van der Waals surface area contributed by atoms with Crippen LogP contribution in [0.3, 0.4) is 0 Å². The minimum atomic E-state index is -0.0522. The summed E-state index contributed by atoms with van der Waals surface area (Å²) in [5.41, 5.74) is 13.1. The highest BCUT2D eigenvalue weighted by Gasteiger charge is 2.37. The molecule has 10 aromatic carbocycles. The van der Waals surface area contributed by atoms with E-state index in [1.54, 1.807) is 0 Å². The summed E-state index contributed by atoms with van der Waals surface area (Å²) >= 11 is 0. The Morgan fingerprint density at radius 1 is 0.302 bits per heavy atom. The monoisotopic (exact) mass is 672 g/mol. The van der Waals surface area contributed by atoms with Crippen molar-refractivity contribution in [3.05, 3.63) is 193 Å². The van der Waals surface area contributed by atoms with Crippen LogP contribution in [0.4, 0.5) is 0 Å². The van der Waals surface area contributed by atoms with Gasteiger partial charge in [0.05, 0.1) is 0 Å². The van der Waals surface area contributed by atoms with Gasteiger partial charge in [0.25, 0.3) is 0 Å². The number of rotatable bonds is 3. The van der Waals surface area contributed by atoms with Gasteiger partial charge in [0.15, 0.2) is 0 Å². The molecule has 0 fully saturated rings. The van der Waals surface area contributed by atoms with E-state index in [2.05, 4.69) is 196 Å². The third-order valence-electron chi connectivity index (χ3n) is 12.0. The Hall–Kier alpha value is -6.50. The van der Waals surface area contributed by atoms with Crippen molar-refractivity contribution in [3.8, 4) is 44.5 Å². The number of fused-ring (bicyclic) bond motifs is 10. The molecule has 0 aromatic heterocycles. The number of hydrogen-bond donors (Lipinski definition) is 0. The fourth-order valence-electron chi connectivity index (χ4n) is 9.54. The van der Waals surface area contributed by atoms with Crippen LogP contribution < -0.4 is 0 Å². The minimum absolute atomic E-state index is 0.0522. The van der Waals surface area contributed by atoms with Gasteiger partial charge in [-0.05, 0) is 122 Å². The summed E-state index contributed by atoms with van der Waals surface area (Å²) < 4.78 is 0. The quantitative estimate of drug-likeness (QED) is 0.129. The Balaban J connectivity index is 1.04. The van der Waals surface area contributed by atoms with E-state index in [4.69, 9.17) is 0 Å². The summed E-state index contributed by atoms with van der Waals surface area (Å²) in [7, 11) is 0. The molecule has 0 heteroatoms. The fraction of sp³-hybridized carbons (Fsp3) is 0.0566. The Morgan fingerprint density at radius 3 is 1.45 bits per heavy atom. The first-order valence-electron chi connectivity index (χ1n) is 18.7. The molecule has 0 nitrogen and oxygen atoms in total. The lowest BCUT2D eigenvalue weighted by atomic mass is 9.80. The highest BCUT2D eigenvalue weighted by Crippen LogP contribution is 2.52. The van der Waals surface area contributed by atoms with E-state index in [-0.39, 0.29) is 5.41 Å². The molecule has 0 N–H and O–H groups in total. The van der Waals surface area contributed by atoms with E-state index in [1.807, 2.05) is 0 Å². The molecular formula is C53H36. The average Bonchev–Trinajstić information content (AvgIpc) is 3.45. The summed E-state index contributed by atoms with van der Waals surface area (Å²) in [6.45, 7) is 4.75. The summed E-state index contributed by atoms with van der Waals surface area (Å²) in [6, 6.07) is 67.9. The van der Waals surface area contributed by atoms with Crippen LogP contribution in [0, 0.1) is 0 Å². The summed E-state index contributed by atoms with van der Waals surface area (Å²) in [6.07, 6.45) is 0. The van der Waals surface area contributed by atoms with Gasteiger partial charge in [-0.25, -0.2) is 0 Å². The van der Waals surface area contributed by atoms with Gasteiger partial charge in [-0.1, -0.05) is 184 Å². The maximum absolute atomic E-state index is 2.42. The van der Waals surface area contributed by atoms with Gasteiger partial charge in [0, 0.05) is 5.41 Å². The highest BCUT2D eigenvalue weighted by molar-refractivity contribution is 6.22. The predicted molar refractivity (Wildman–Crippen MR) is 228 cm³/mol. The third-order valence-corrected chi connectivity index (χ3v) is 12.0. The molecule has 11 rings (SSSR count). The molecule has 53 heavy (non-hydrogen) atoms. The zero-order valence-electron chi connectivity index (χ0n) is 29.8. The first-order valence-corrected chi connectivity index (χ1v) is 18.7. The maximum Gasteiger partial charge on any atom is 0.0165 e. The van der Waals surface area contributed by atoms with Crippen LogP contribution in [-0.2, 0) is 5.41 Å². The Morgan fingerprint density at radius 2 is 0.774 bits per heavy atom. The van der Waals surface area contributed by atoms with Gasteiger partial charge >= 0.3 is 0 Å². The molecule has 248 valence electrons. The maximum atomic E-state index is 2.42. The summed E-state index contributed by atoms with van der Waals surface area (Å²) in [4.78, 5) is 0. The number of hydrogen-bond acceptors (Lipinski definition) is 0. The van der Waals surface area contributed by atoms with E-state index >= 15 is 0 Å². The summed E-state index contributed by atoms with van der Waals surface area (Å²) in [5, 5.41) is 12.9. The zero-order valence-corrected chi connectivity index (χ0v) is 29.8. The van der Waals surface area contributed by atoms with Gasteiger partial charge in [0.1, 0.15) is 0 Å². The lowest BCUT2D eigenvalue weighted by Gasteiger charge is -2.23. The van der Waals surface area contributed by atoms with Crippen LogP contribution >= 0.6 is 0 Å². The molecule has 0 radical (unpaired) electrons. The molecule has 0 amide bonds. The van der Waals surface area contributed by atoms with Crippen molar-refractivity contribution in [2.75, 3.05) is 0 Å². The minimum Gasteiger partial charge on any atom is -0.0616 e. The topological polar surface area (TPSA) is 0 Å². The first-order chi connectivity index (χ1) is 26.0. The fourth-order valence-corrected chi connectivity index (χ4v) is 9.54. The molecule has 0 saturated heterocycles. The molecule has 0 bridgehead atoms. The van der Waals surface area contributed by atoms with Crippen molar-refractivity contribution < 1.29 is 0 Å². The second kappa shape index (κ2) is 11.2. The van der Waals surface area contributed by atoms with E-state index in [0.29, 0.717) is 0 Å².